The zero-order chi connectivity index (χ0) is 10.3. The van der Waals surface area contributed by atoms with Crippen LogP contribution in [-0.2, 0) is 4.74 Å². The molecule has 4 rings (SSSR count). The zero-order valence-electron chi connectivity index (χ0n) is 9.75. The van der Waals surface area contributed by atoms with Gasteiger partial charge in [-0.15, -0.1) is 0 Å². The SMILES string of the molecule is CC1(C)OC23CC1CCC2CCC1NC13. The monoisotopic (exact) mass is 207 g/mol. The maximum Gasteiger partial charge on any atom is 0.0889 e. The van der Waals surface area contributed by atoms with E-state index in [-0.39, 0.29) is 11.2 Å². The van der Waals surface area contributed by atoms with E-state index in [0.29, 0.717) is 6.04 Å². The molecule has 2 heteroatoms. The summed E-state index contributed by atoms with van der Waals surface area (Å²) in [5.74, 6) is 1.67. The van der Waals surface area contributed by atoms with Gasteiger partial charge in [0, 0.05) is 6.04 Å². The largest absolute Gasteiger partial charge is 0.367 e. The first kappa shape index (κ1) is 9.00. The van der Waals surface area contributed by atoms with Crippen LogP contribution in [-0.4, -0.2) is 23.3 Å². The van der Waals surface area contributed by atoms with Gasteiger partial charge in [-0.2, -0.15) is 0 Å². The van der Waals surface area contributed by atoms with Crippen molar-refractivity contribution in [3.8, 4) is 0 Å². The highest BCUT2D eigenvalue weighted by Gasteiger charge is 2.67. The predicted molar refractivity (Wildman–Crippen MR) is 58.7 cm³/mol. The third kappa shape index (κ3) is 0.980. The Morgan fingerprint density at radius 2 is 1.80 bits per heavy atom. The summed E-state index contributed by atoms with van der Waals surface area (Å²) in [4.78, 5) is 0. The highest BCUT2D eigenvalue weighted by atomic mass is 16.5. The third-order valence-corrected chi connectivity index (χ3v) is 5.60. The molecule has 2 aliphatic carbocycles. The van der Waals surface area contributed by atoms with Gasteiger partial charge in [-0.3, -0.25) is 0 Å². The van der Waals surface area contributed by atoms with Gasteiger partial charge in [0.2, 0.25) is 0 Å². The molecule has 0 amide bonds. The average Bonchev–Trinajstić information content (AvgIpc) is 2.91. The average molecular weight is 207 g/mol. The lowest BCUT2D eigenvalue weighted by Crippen LogP contribution is -2.49. The number of hydrogen-bond acceptors (Lipinski definition) is 2. The molecule has 4 fully saturated rings. The predicted octanol–water partition coefficient (Wildman–Crippen LogP) is 2.08. The summed E-state index contributed by atoms with van der Waals surface area (Å²) in [6.07, 6.45) is 6.94. The van der Waals surface area contributed by atoms with Crippen molar-refractivity contribution >= 4 is 0 Å². The lowest BCUT2D eigenvalue weighted by Gasteiger charge is -2.42. The van der Waals surface area contributed by atoms with E-state index in [9.17, 15) is 0 Å². The second-order valence-electron chi connectivity index (χ2n) is 6.66. The van der Waals surface area contributed by atoms with E-state index >= 15 is 0 Å². The van der Waals surface area contributed by atoms with Crippen LogP contribution in [0.25, 0.3) is 0 Å². The summed E-state index contributed by atoms with van der Waals surface area (Å²) in [5.41, 5.74) is 0.385. The van der Waals surface area contributed by atoms with Gasteiger partial charge in [0.05, 0.1) is 17.2 Å². The number of fused-ring (bicyclic) bond motifs is 2. The molecule has 0 radical (unpaired) electrons. The van der Waals surface area contributed by atoms with Gasteiger partial charge in [-0.05, 0) is 57.8 Å². The highest BCUT2D eigenvalue weighted by molar-refractivity contribution is 5.22. The van der Waals surface area contributed by atoms with E-state index in [2.05, 4.69) is 19.2 Å². The van der Waals surface area contributed by atoms with Crippen molar-refractivity contribution in [1.29, 1.82) is 0 Å². The summed E-state index contributed by atoms with van der Waals surface area (Å²) in [7, 11) is 0. The quantitative estimate of drug-likeness (QED) is 0.617. The molecule has 15 heavy (non-hydrogen) atoms. The molecule has 2 saturated heterocycles. The van der Waals surface area contributed by atoms with Gasteiger partial charge in [-0.1, -0.05) is 0 Å². The first-order valence-electron chi connectivity index (χ1n) is 6.58. The van der Waals surface area contributed by atoms with E-state index < -0.39 is 0 Å². The molecule has 5 atom stereocenters. The standard InChI is InChI=1S/C13H21NO/c1-12(2)9-4-3-8-5-6-10-11(14-10)13(8,7-9)15-12/h8-11,14H,3-7H2,1-2H3. The van der Waals surface area contributed by atoms with Gasteiger partial charge < -0.3 is 10.1 Å². The molecule has 0 aromatic heterocycles. The fourth-order valence-electron chi connectivity index (χ4n) is 4.71. The van der Waals surface area contributed by atoms with Crippen molar-refractivity contribution in [1.82, 2.24) is 5.32 Å². The Labute approximate surface area is 91.8 Å². The third-order valence-electron chi connectivity index (χ3n) is 5.60. The van der Waals surface area contributed by atoms with Crippen LogP contribution in [0.15, 0.2) is 0 Å². The molecular formula is C13H21NO. The molecule has 4 aliphatic rings. The van der Waals surface area contributed by atoms with Crippen molar-refractivity contribution in [2.75, 3.05) is 0 Å². The minimum atomic E-state index is 0.140. The number of hydrogen-bond donors (Lipinski definition) is 1. The van der Waals surface area contributed by atoms with Crippen molar-refractivity contribution < 1.29 is 4.74 Å². The molecule has 2 aliphatic heterocycles. The van der Waals surface area contributed by atoms with Gasteiger partial charge in [-0.25, -0.2) is 0 Å². The van der Waals surface area contributed by atoms with Crippen LogP contribution >= 0.6 is 0 Å². The van der Waals surface area contributed by atoms with Crippen LogP contribution in [0.5, 0.6) is 0 Å². The van der Waals surface area contributed by atoms with Crippen molar-refractivity contribution in [2.45, 2.75) is 69.2 Å². The Morgan fingerprint density at radius 3 is 2.67 bits per heavy atom. The Balaban J connectivity index is 1.76. The van der Waals surface area contributed by atoms with Crippen LogP contribution < -0.4 is 5.32 Å². The fourth-order valence-corrected chi connectivity index (χ4v) is 4.71. The highest BCUT2D eigenvalue weighted by Crippen LogP contribution is 2.60. The minimum absolute atomic E-state index is 0.140. The van der Waals surface area contributed by atoms with E-state index in [1.54, 1.807) is 0 Å². The second-order valence-corrected chi connectivity index (χ2v) is 6.66. The van der Waals surface area contributed by atoms with Gasteiger partial charge >= 0.3 is 0 Å². The minimum Gasteiger partial charge on any atom is -0.367 e. The van der Waals surface area contributed by atoms with E-state index in [1.165, 1.54) is 32.1 Å². The lowest BCUT2D eigenvalue weighted by molar-refractivity contribution is -0.122. The van der Waals surface area contributed by atoms with Crippen LogP contribution in [0.4, 0.5) is 0 Å². The number of nitrogens with one attached hydrogen (secondary N) is 1. The maximum atomic E-state index is 6.56. The van der Waals surface area contributed by atoms with Crippen LogP contribution in [0.2, 0.25) is 0 Å². The topological polar surface area (TPSA) is 31.2 Å². The zero-order valence-corrected chi connectivity index (χ0v) is 9.75. The summed E-state index contributed by atoms with van der Waals surface area (Å²) < 4.78 is 6.56. The first-order valence-corrected chi connectivity index (χ1v) is 6.58. The number of rotatable bonds is 0. The molecule has 2 heterocycles. The van der Waals surface area contributed by atoms with E-state index in [4.69, 9.17) is 4.74 Å². The van der Waals surface area contributed by atoms with Gasteiger partial charge in [0.1, 0.15) is 0 Å². The molecule has 1 N–H and O–H groups in total. The summed E-state index contributed by atoms with van der Waals surface area (Å²) in [6, 6.07) is 1.51. The molecule has 0 aromatic carbocycles. The molecule has 2 saturated carbocycles. The van der Waals surface area contributed by atoms with Crippen molar-refractivity contribution in [3.63, 3.8) is 0 Å². The molecular weight excluding hydrogens is 186 g/mol. The Bertz CT molecular complexity index is 314. The van der Waals surface area contributed by atoms with Gasteiger partial charge in [0.15, 0.2) is 0 Å². The number of ether oxygens (including phenoxy) is 1. The molecule has 84 valence electrons. The molecule has 0 aromatic rings. The summed E-state index contributed by atoms with van der Waals surface area (Å²) >= 11 is 0. The van der Waals surface area contributed by atoms with Crippen molar-refractivity contribution in [2.24, 2.45) is 11.8 Å². The summed E-state index contributed by atoms with van der Waals surface area (Å²) in [5, 5.41) is 3.66. The molecule has 5 unspecified atom stereocenters. The molecule has 2 nitrogen and oxygen atoms in total. The second kappa shape index (κ2) is 2.43. The molecule has 2 bridgehead atoms. The summed E-state index contributed by atoms with van der Waals surface area (Å²) in [6.45, 7) is 4.61. The Hall–Kier alpha value is -0.0800. The Kier molecular flexibility index (Phi) is 1.46. The van der Waals surface area contributed by atoms with Crippen LogP contribution in [0.3, 0.4) is 0 Å². The fraction of sp³-hybridized carbons (Fsp3) is 1.00. The maximum absolute atomic E-state index is 6.56. The normalized spacial score (nSPS) is 59.6. The van der Waals surface area contributed by atoms with Crippen LogP contribution in [0.1, 0.15) is 46.0 Å². The van der Waals surface area contributed by atoms with Crippen LogP contribution in [0, 0.1) is 11.8 Å². The lowest BCUT2D eigenvalue weighted by atomic mass is 9.64. The smallest absolute Gasteiger partial charge is 0.0889 e. The first-order chi connectivity index (χ1) is 7.12. The van der Waals surface area contributed by atoms with E-state index in [1.807, 2.05) is 0 Å². The molecule has 1 spiro atoms. The Morgan fingerprint density at radius 1 is 1.07 bits per heavy atom. The van der Waals surface area contributed by atoms with Crippen molar-refractivity contribution in [3.05, 3.63) is 0 Å². The van der Waals surface area contributed by atoms with Gasteiger partial charge in [0.25, 0.3) is 0 Å². The van der Waals surface area contributed by atoms with E-state index in [0.717, 1.165) is 17.9 Å².